The maximum atomic E-state index is 13.7. The van der Waals surface area contributed by atoms with E-state index >= 15 is 0 Å². The van der Waals surface area contributed by atoms with Crippen molar-refractivity contribution >= 4 is 35.1 Å². The monoisotopic (exact) mass is 598 g/mol. The summed E-state index contributed by atoms with van der Waals surface area (Å²) in [6, 6.07) is 7.43. The number of hydrogen-bond acceptors (Lipinski definition) is 6. The number of likely N-dealkylation sites (N-methyl/N-ethyl adjacent to an activating group) is 1. The summed E-state index contributed by atoms with van der Waals surface area (Å²) in [5.41, 5.74) is 2.80. The Morgan fingerprint density at radius 3 is 2.63 bits per heavy atom. The number of benzene rings is 2. The van der Waals surface area contributed by atoms with Gasteiger partial charge in [0.1, 0.15) is 11.9 Å². The number of esters is 1. The Hall–Kier alpha value is -2.48. The van der Waals surface area contributed by atoms with Crippen molar-refractivity contribution in [3.05, 3.63) is 51.0 Å². The van der Waals surface area contributed by atoms with Crippen molar-refractivity contribution in [2.45, 2.75) is 75.5 Å². The first kappa shape index (κ1) is 27.4. The summed E-state index contributed by atoms with van der Waals surface area (Å²) in [6.07, 6.45) is 6.33. The minimum absolute atomic E-state index is 0.0223. The molecule has 2 heterocycles. The highest BCUT2D eigenvalue weighted by Gasteiger charge is 2.67. The van der Waals surface area contributed by atoms with Gasteiger partial charge in [0.25, 0.3) is 0 Å². The maximum Gasteiger partial charge on any atom is 0.308 e. The number of likely N-dealkylation sites (tertiary alicyclic amines) is 1. The van der Waals surface area contributed by atoms with Crippen LogP contribution in [-0.4, -0.2) is 67.1 Å². The lowest BCUT2D eigenvalue weighted by molar-refractivity contribution is -0.139. The molecule has 0 radical (unpaired) electrons. The van der Waals surface area contributed by atoms with Gasteiger partial charge in [0.05, 0.1) is 29.6 Å². The molecule has 1 saturated heterocycles. The quantitative estimate of drug-likeness (QED) is 0.312. The fraction of sp³-hybridized carbons (Fsp3) is 0.562. The molecule has 2 saturated carbocycles. The Bertz CT molecular complexity index is 1430. The van der Waals surface area contributed by atoms with E-state index in [9.17, 15) is 9.59 Å². The number of halogens is 2. The molecular weight excluding hydrogens is 563 g/mol. The molecule has 2 aromatic carbocycles. The molecule has 41 heavy (non-hydrogen) atoms. The molecule has 218 valence electrons. The first-order valence-electron chi connectivity index (χ1n) is 14.7. The van der Waals surface area contributed by atoms with E-state index in [1.807, 2.05) is 24.1 Å². The van der Waals surface area contributed by atoms with Crippen LogP contribution in [0.2, 0.25) is 10.0 Å². The van der Waals surface area contributed by atoms with E-state index < -0.39 is 0 Å². The number of rotatable bonds is 7. The molecule has 3 fully saturated rings. The zero-order chi connectivity index (χ0) is 28.6. The number of amides is 1. The topological polar surface area (TPSA) is 68.3 Å². The second-order valence-corrected chi connectivity index (χ2v) is 13.4. The zero-order valence-electron chi connectivity index (χ0n) is 23.8. The number of hydrogen-bond donors (Lipinski definition) is 0. The summed E-state index contributed by atoms with van der Waals surface area (Å²) in [7, 11) is 3.53. The normalized spacial score (nSPS) is 29.4. The second kappa shape index (κ2) is 10.1. The maximum absolute atomic E-state index is 13.7. The molecule has 7 nitrogen and oxygen atoms in total. The lowest BCUT2D eigenvalue weighted by atomic mass is 9.50. The molecule has 5 atom stereocenters. The largest absolute Gasteiger partial charge is 0.493 e. The first-order chi connectivity index (χ1) is 19.7. The summed E-state index contributed by atoms with van der Waals surface area (Å²) >= 11 is 12.3. The summed E-state index contributed by atoms with van der Waals surface area (Å²) < 4.78 is 18.6. The standard InChI is InChI=1S/C32H36Cl2N2O5/c1-17(37)40-26-15-27(39-3)30-29-20(26)14-25-21-7-9-24(35(2)28(38)13-19-6-8-22(33)23(34)12-19)31(41-30)32(21,29)10-11-36(25)16-18-4-5-18/h6,8,12,15,18,21,24-25,31H,4-5,7,9-11,13-14,16H2,1-3H3/t21-,24-,25+,31-,32-/m0/s1. The van der Waals surface area contributed by atoms with Crippen molar-refractivity contribution in [3.8, 4) is 17.2 Å². The van der Waals surface area contributed by atoms with Gasteiger partial charge in [-0.1, -0.05) is 29.3 Å². The average molecular weight is 600 g/mol. The van der Waals surface area contributed by atoms with Gasteiger partial charge in [0.2, 0.25) is 5.91 Å². The second-order valence-electron chi connectivity index (χ2n) is 12.6. The third-order valence-corrected chi connectivity index (χ3v) is 11.1. The smallest absolute Gasteiger partial charge is 0.308 e. The van der Waals surface area contributed by atoms with Gasteiger partial charge < -0.3 is 19.1 Å². The van der Waals surface area contributed by atoms with Gasteiger partial charge in [0.15, 0.2) is 11.5 Å². The number of ether oxygens (including phenoxy) is 3. The lowest BCUT2D eigenvalue weighted by Crippen LogP contribution is -2.69. The molecule has 0 unspecified atom stereocenters. The SMILES string of the molecule is COc1cc(OC(C)=O)c2c3c1O[C@H]1[C@@H](N(C)C(=O)Cc4ccc(Cl)c(Cl)c4)CC[C@H]4[C@@H](C2)N(CC2CC2)CC[C@@]341. The Balaban J connectivity index is 1.28. The van der Waals surface area contributed by atoms with Crippen LogP contribution in [0, 0.1) is 11.8 Å². The van der Waals surface area contributed by atoms with Gasteiger partial charge >= 0.3 is 5.97 Å². The molecule has 9 heteroatoms. The van der Waals surface area contributed by atoms with E-state index in [2.05, 4.69) is 4.90 Å². The van der Waals surface area contributed by atoms with Gasteiger partial charge in [-0.25, -0.2) is 0 Å². The van der Waals surface area contributed by atoms with Gasteiger partial charge in [-0.15, -0.1) is 0 Å². The lowest BCUT2D eigenvalue weighted by Gasteiger charge is -2.60. The Morgan fingerprint density at radius 1 is 1.12 bits per heavy atom. The summed E-state index contributed by atoms with van der Waals surface area (Å²) in [5.74, 6) is 2.81. The van der Waals surface area contributed by atoms with Gasteiger partial charge in [-0.2, -0.15) is 0 Å². The first-order valence-corrected chi connectivity index (χ1v) is 15.5. The van der Waals surface area contributed by atoms with Crippen LogP contribution >= 0.6 is 23.2 Å². The van der Waals surface area contributed by atoms with E-state index in [0.717, 1.165) is 67.1 Å². The van der Waals surface area contributed by atoms with Crippen LogP contribution < -0.4 is 14.2 Å². The molecule has 0 N–H and O–H groups in total. The summed E-state index contributed by atoms with van der Waals surface area (Å²) in [6.45, 7) is 3.58. The fourth-order valence-corrected chi connectivity index (χ4v) is 8.74. The minimum Gasteiger partial charge on any atom is -0.493 e. The van der Waals surface area contributed by atoms with Crippen LogP contribution in [-0.2, 0) is 27.8 Å². The van der Waals surface area contributed by atoms with E-state index in [1.54, 1.807) is 19.2 Å². The van der Waals surface area contributed by atoms with E-state index in [1.165, 1.54) is 19.8 Å². The fourth-order valence-electron chi connectivity index (χ4n) is 8.42. The molecule has 5 aliphatic rings. The van der Waals surface area contributed by atoms with Crippen LogP contribution in [0.4, 0.5) is 0 Å². The molecule has 3 aliphatic carbocycles. The Kier molecular flexibility index (Phi) is 6.71. The van der Waals surface area contributed by atoms with Crippen LogP contribution in [0.3, 0.4) is 0 Å². The van der Waals surface area contributed by atoms with Crippen molar-refractivity contribution in [2.24, 2.45) is 11.8 Å². The van der Waals surface area contributed by atoms with Crippen LogP contribution in [0.5, 0.6) is 17.2 Å². The number of nitrogens with zero attached hydrogens (tertiary/aromatic N) is 2. The molecule has 2 aliphatic heterocycles. The molecule has 1 spiro atoms. The van der Waals surface area contributed by atoms with Crippen molar-refractivity contribution in [3.63, 3.8) is 0 Å². The van der Waals surface area contributed by atoms with Crippen molar-refractivity contribution in [1.29, 1.82) is 0 Å². The van der Waals surface area contributed by atoms with E-state index in [-0.39, 0.29) is 35.9 Å². The highest BCUT2D eigenvalue weighted by Crippen LogP contribution is 2.66. The molecule has 2 bridgehead atoms. The number of carbonyl (C=O) groups excluding carboxylic acids is 2. The van der Waals surface area contributed by atoms with Gasteiger partial charge in [-0.3, -0.25) is 14.5 Å². The minimum atomic E-state index is -0.340. The summed E-state index contributed by atoms with van der Waals surface area (Å²) in [5, 5.41) is 0.923. The van der Waals surface area contributed by atoms with Crippen molar-refractivity contribution in [1.82, 2.24) is 9.80 Å². The number of carbonyl (C=O) groups is 2. The molecule has 7 rings (SSSR count). The highest BCUT2D eigenvalue weighted by molar-refractivity contribution is 6.42. The van der Waals surface area contributed by atoms with Crippen LogP contribution in [0.25, 0.3) is 0 Å². The van der Waals surface area contributed by atoms with Crippen molar-refractivity contribution in [2.75, 3.05) is 27.2 Å². The average Bonchev–Trinajstić information content (AvgIpc) is 3.70. The Morgan fingerprint density at radius 2 is 1.93 bits per heavy atom. The van der Waals surface area contributed by atoms with Crippen LogP contribution in [0.1, 0.15) is 55.7 Å². The van der Waals surface area contributed by atoms with E-state index in [0.29, 0.717) is 33.5 Å². The number of methoxy groups -OCH3 is 1. The predicted molar refractivity (Wildman–Crippen MR) is 156 cm³/mol. The highest BCUT2D eigenvalue weighted by atomic mass is 35.5. The predicted octanol–water partition coefficient (Wildman–Crippen LogP) is 5.45. The van der Waals surface area contributed by atoms with E-state index in [4.69, 9.17) is 37.4 Å². The van der Waals surface area contributed by atoms with Gasteiger partial charge in [0, 0.05) is 49.2 Å². The zero-order valence-corrected chi connectivity index (χ0v) is 25.3. The number of piperidine rings is 1. The molecule has 2 aromatic rings. The summed E-state index contributed by atoms with van der Waals surface area (Å²) in [4.78, 5) is 30.5. The third-order valence-electron chi connectivity index (χ3n) is 10.4. The third kappa shape index (κ3) is 4.33. The van der Waals surface area contributed by atoms with Crippen LogP contribution in [0.15, 0.2) is 24.3 Å². The molecular formula is C32H36Cl2N2O5. The Labute approximate surface area is 251 Å². The molecule has 0 aromatic heterocycles. The molecule has 1 amide bonds. The van der Waals surface area contributed by atoms with Crippen molar-refractivity contribution < 1.29 is 23.8 Å². The van der Waals surface area contributed by atoms with Gasteiger partial charge in [-0.05, 0) is 74.6 Å².